The van der Waals surface area contributed by atoms with Crippen molar-refractivity contribution in [1.29, 1.82) is 0 Å². The van der Waals surface area contributed by atoms with Crippen molar-refractivity contribution in [3.63, 3.8) is 0 Å². The lowest BCUT2D eigenvalue weighted by molar-refractivity contribution is 1.18. The lowest BCUT2D eigenvalue weighted by Crippen LogP contribution is -1.97. The molecule has 10 aromatic rings. The van der Waals surface area contributed by atoms with Crippen LogP contribution in [0.15, 0.2) is 164 Å². The number of aromatic nitrogens is 3. The number of hydrogen-bond acceptors (Lipinski definition) is 1. The van der Waals surface area contributed by atoms with Crippen LogP contribution in [-0.2, 0) is 0 Å². The van der Waals surface area contributed by atoms with E-state index in [0.29, 0.717) is 0 Å². The molecule has 0 radical (unpaired) electrons. The Morgan fingerprint density at radius 1 is 0.396 bits per heavy atom. The molecule has 0 aliphatic heterocycles. The van der Waals surface area contributed by atoms with Crippen molar-refractivity contribution in [1.82, 2.24) is 14.1 Å². The number of para-hydroxylation sites is 3. The highest BCUT2D eigenvalue weighted by atomic mass is 15.0. The van der Waals surface area contributed by atoms with Crippen molar-refractivity contribution in [2.45, 2.75) is 0 Å². The van der Waals surface area contributed by atoms with E-state index in [1.54, 1.807) is 0 Å². The van der Waals surface area contributed by atoms with Crippen molar-refractivity contribution >= 4 is 54.4 Å². The molecule has 0 unspecified atom stereocenters. The van der Waals surface area contributed by atoms with Gasteiger partial charge in [0, 0.05) is 61.5 Å². The number of benzene rings is 7. The molecular weight excluding hydrogens is 583 g/mol. The van der Waals surface area contributed by atoms with Gasteiger partial charge in [0.1, 0.15) is 0 Å². The number of hydrogen-bond donors (Lipinski definition) is 0. The third-order valence-corrected chi connectivity index (χ3v) is 10.3. The topological polar surface area (TPSA) is 22.8 Å². The lowest BCUT2D eigenvalue weighted by Gasteiger charge is -2.14. The molecule has 0 bridgehead atoms. The van der Waals surface area contributed by atoms with Crippen molar-refractivity contribution in [3.8, 4) is 44.8 Å². The zero-order valence-electron chi connectivity index (χ0n) is 25.9. The summed E-state index contributed by atoms with van der Waals surface area (Å²) >= 11 is 0. The molecule has 0 saturated carbocycles. The van der Waals surface area contributed by atoms with E-state index >= 15 is 0 Å². The first-order valence-corrected chi connectivity index (χ1v) is 16.5. The fourth-order valence-electron chi connectivity index (χ4n) is 8.30. The van der Waals surface area contributed by atoms with E-state index in [-0.39, 0.29) is 0 Å². The van der Waals surface area contributed by atoms with Crippen LogP contribution in [0.4, 0.5) is 0 Å². The maximum Gasteiger partial charge on any atom is 0.0547 e. The number of fused-ring (bicyclic) bond motifs is 9. The molecule has 11 rings (SSSR count). The van der Waals surface area contributed by atoms with Gasteiger partial charge in [0.15, 0.2) is 0 Å². The van der Waals surface area contributed by atoms with E-state index in [1.165, 1.54) is 99.1 Å². The Hall–Kier alpha value is -6.45. The summed E-state index contributed by atoms with van der Waals surface area (Å²) in [5.74, 6) is 0. The Bertz CT molecular complexity index is 2940. The fourth-order valence-corrected chi connectivity index (χ4v) is 8.30. The standard InChI is InChI=1S/C45H27N3/c1-2-11-31(12-3-1)47-39-17-6-4-13-32(39)36-24-28(20-22-41(36)47)29-21-23-42-37(25-29)33-14-5-7-18-40(33)48(42)43-19-9-16-35-34-15-8-10-30-26-46-27-38(44(30)34)45(35)43/h1-27H. The molecule has 1 aliphatic rings. The van der Waals surface area contributed by atoms with Gasteiger partial charge in [-0.15, -0.1) is 0 Å². The summed E-state index contributed by atoms with van der Waals surface area (Å²) in [6.07, 6.45) is 4.02. The molecule has 3 heteroatoms. The van der Waals surface area contributed by atoms with Crippen LogP contribution in [0.3, 0.4) is 0 Å². The second-order valence-corrected chi connectivity index (χ2v) is 12.8. The number of pyridine rings is 1. The highest BCUT2D eigenvalue weighted by Gasteiger charge is 2.26. The minimum Gasteiger partial charge on any atom is -0.309 e. The van der Waals surface area contributed by atoms with E-state index in [0.717, 1.165) is 0 Å². The molecule has 7 aromatic carbocycles. The lowest BCUT2D eigenvalue weighted by atomic mass is 10.0. The molecule has 0 N–H and O–H groups in total. The van der Waals surface area contributed by atoms with Crippen LogP contribution >= 0.6 is 0 Å². The smallest absolute Gasteiger partial charge is 0.0547 e. The van der Waals surface area contributed by atoms with E-state index in [9.17, 15) is 0 Å². The summed E-state index contributed by atoms with van der Waals surface area (Å²) in [4.78, 5) is 4.66. The Labute approximate surface area is 276 Å². The number of rotatable bonds is 3. The SMILES string of the molecule is c1ccc(-n2c3ccccc3c3cc(-c4ccc5c(c4)c4ccccc4n5-c4cccc5c4-c4cncc6cccc-5c46)ccc32)cc1. The third kappa shape index (κ3) is 3.40. The average Bonchev–Trinajstić information content (AvgIpc) is 3.78. The van der Waals surface area contributed by atoms with E-state index in [4.69, 9.17) is 0 Å². The monoisotopic (exact) mass is 609 g/mol. The van der Waals surface area contributed by atoms with Gasteiger partial charge in [-0.05, 0) is 76.9 Å². The zero-order valence-corrected chi connectivity index (χ0v) is 25.9. The van der Waals surface area contributed by atoms with E-state index < -0.39 is 0 Å². The quantitative estimate of drug-likeness (QED) is 0.195. The highest BCUT2D eigenvalue weighted by Crippen LogP contribution is 2.50. The largest absolute Gasteiger partial charge is 0.309 e. The van der Waals surface area contributed by atoms with Crippen LogP contribution in [-0.4, -0.2) is 14.1 Å². The summed E-state index contributed by atoms with van der Waals surface area (Å²) < 4.78 is 4.83. The van der Waals surface area contributed by atoms with Crippen molar-refractivity contribution < 1.29 is 0 Å². The third-order valence-electron chi connectivity index (χ3n) is 10.3. The Morgan fingerprint density at radius 3 is 1.75 bits per heavy atom. The van der Waals surface area contributed by atoms with Gasteiger partial charge < -0.3 is 9.13 Å². The highest BCUT2D eigenvalue weighted by molar-refractivity contribution is 6.18. The minimum absolute atomic E-state index is 1.17. The first-order chi connectivity index (χ1) is 23.8. The van der Waals surface area contributed by atoms with Gasteiger partial charge in [-0.25, -0.2) is 0 Å². The Kier molecular flexibility index (Phi) is 5.11. The van der Waals surface area contributed by atoms with Gasteiger partial charge in [-0.1, -0.05) is 97.1 Å². The average molecular weight is 610 g/mol. The first-order valence-electron chi connectivity index (χ1n) is 16.5. The summed E-state index contributed by atoms with van der Waals surface area (Å²) in [7, 11) is 0. The van der Waals surface area contributed by atoms with Crippen molar-refractivity contribution in [3.05, 3.63) is 164 Å². The second-order valence-electron chi connectivity index (χ2n) is 12.8. The molecular formula is C45H27N3. The maximum atomic E-state index is 4.66. The van der Waals surface area contributed by atoms with Crippen LogP contribution in [0.1, 0.15) is 0 Å². The van der Waals surface area contributed by atoms with Gasteiger partial charge >= 0.3 is 0 Å². The predicted octanol–water partition coefficient (Wildman–Crippen LogP) is 11.7. The molecule has 3 nitrogen and oxygen atoms in total. The summed E-state index contributed by atoms with van der Waals surface area (Å²) in [6.45, 7) is 0. The maximum absolute atomic E-state index is 4.66. The summed E-state index contributed by atoms with van der Waals surface area (Å²) in [5.41, 5.74) is 14.6. The van der Waals surface area contributed by atoms with Gasteiger partial charge in [0.05, 0.1) is 27.8 Å². The molecule has 3 aromatic heterocycles. The summed E-state index contributed by atoms with van der Waals surface area (Å²) in [6, 6.07) is 55.4. The molecule has 222 valence electrons. The Morgan fingerprint density at radius 2 is 1.00 bits per heavy atom. The molecule has 0 saturated heterocycles. The van der Waals surface area contributed by atoms with Crippen LogP contribution in [0.2, 0.25) is 0 Å². The van der Waals surface area contributed by atoms with Crippen molar-refractivity contribution in [2.75, 3.05) is 0 Å². The molecule has 3 heterocycles. The van der Waals surface area contributed by atoms with Crippen molar-refractivity contribution in [2.24, 2.45) is 0 Å². The first kappa shape index (κ1) is 25.7. The van der Waals surface area contributed by atoms with Gasteiger partial charge in [0.2, 0.25) is 0 Å². The zero-order chi connectivity index (χ0) is 31.3. The molecule has 1 aliphatic carbocycles. The summed E-state index contributed by atoms with van der Waals surface area (Å²) in [5, 5.41) is 7.50. The van der Waals surface area contributed by atoms with E-state index in [2.05, 4.69) is 166 Å². The van der Waals surface area contributed by atoms with E-state index in [1.807, 2.05) is 12.4 Å². The van der Waals surface area contributed by atoms with Crippen LogP contribution in [0.5, 0.6) is 0 Å². The normalized spacial score (nSPS) is 12.2. The molecule has 0 amide bonds. The molecule has 0 fully saturated rings. The predicted molar refractivity (Wildman–Crippen MR) is 200 cm³/mol. The Balaban J connectivity index is 1.13. The molecule has 0 spiro atoms. The molecule has 0 atom stereocenters. The second kappa shape index (κ2) is 9.54. The van der Waals surface area contributed by atoms with Crippen LogP contribution in [0, 0.1) is 0 Å². The van der Waals surface area contributed by atoms with Crippen LogP contribution in [0.25, 0.3) is 99.1 Å². The number of nitrogens with zero attached hydrogens (tertiary/aromatic N) is 3. The molecule has 48 heavy (non-hydrogen) atoms. The van der Waals surface area contributed by atoms with Gasteiger partial charge in [-0.3, -0.25) is 4.98 Å². The minimum atomic E-state index is 1.17. The van der Waals surface area contributed by atoms with Gasteiger partial charge in [-0.2, -0.15) is 0 Å². The van der Waals surface area contributed by atoms with Crippen LogP contribution < -0.4 is 0 Å². The van der Waals surface area contributed by atoms with Gasteiger partial charge in [0.25, 0.3) is 0 Å². The fraction of sp³-hybridized carbons (Fsp3) is 0.